The van der Waals surface area contributed by atoms with Gasteiger partial charge in [-0.15, -0.1) is 0 Å². The normalized spacial score (nSPS) is 14.6. The van der Waals surface area contributed by atoms with Crippen molar-refractivity contribution in [1.29, 1.82) is 0 Å². The van der Waals surface area contributed by atoms with E-state index in [-0.39, 0.29) is 49.4 Å². The highest BCUT2D eigenvalue weighted by atomic mass is 19.4. The molecule has 1 atom stereocenters. The highest BCUT2D eigenvalue weighted by Gasteiger charge is 2.41. The van der Waals surface area contributed by atoms with E-state index in [4.69, 9.17) is 9.84 Å². The molecule has 204 valence electrons. The quantitative estimate of drug-likeness (QED) is 0.212. The van der Waals surface area contributed by atoms with Crippen molar-refractivity contribution in [2.45, 2.75) is 45.0 Å². The Labute approximate surface area is 213 Å². The Morgan fingerprint density at radius 2 is 1.79 bits per heavy atom. The van der Waals surface area contributed by atoms with E-state index < -0.39 is 36.2 Å². The van der Waals surface area contributed by atoms with Gasteiger partial charge in [-0.25, -0.2) is 9.48 Å². The molecule has 4 rings (SSSR count). The first-order valence-electron chi connectivity index (χ1n) is 11.6. The van der Waals surface area contributed by atoms with E-state index in [1.807, 2.05) is 0 Å². The maximum absolute atomic E-state index is 13.8. The van der Waals surface area contributed by atoms with Crippen LogP contribution < -0.4 is 10.2 Å². The zero-order chi connectivity index (χ0) is 27.7. The summed E-state index contributed by atoms with van der Waals surface area (Å²) in [6.45, 7) is 1.65. The van der Waals surface area contributed by atoms with Gasteiger partial charge in [-0.3, -0.25) is 5.32 Å². The van der Waals surface area contributed by atoms with Crippen molar-refractivity contribution in [2.24, 2.45) is 0 Å². The van der Waals surface area contributed by atoms with Crippen LogP contribution in [0.3, 0.4) is 0 Å². The van der Waals surface area contributed by atoms with Gasteiger partial charge in [0.05, 0.1) is 36.6 Å². The number of nitrogens with one attached hydrogen (secondary N) is 1. The van der Waals surface area contributed by atoms with Crippen LogP contribution in [0.5, 0.6) is 0 Å². The van der Waals surface area contributed by atoms with Crippen molar-refractivity contribution >= 4 is 11.8 Å². The molecule has 7 nitrogen and oxygen atoms in total. The lowest BCUT2D eigenvalue weighted by Crippen LogP contribution is -2.24. The maximum Gasteiger partial charge on any atom is 0.435 e. The van der Waals surface area contributed by atoms with Gasteiger partial charge in [0, 0.05) is 19.1 Å². The maximum atomic E-state index is 13.8. The first-order valence-corrected chi connectivity index (χ1v) is 11.6. The van der Waals surface area contributed by atoms with Crippen molar-refractivity contribution in [3.63, 3.8) is 0 Å². The van der Waals surface area contributed by atoms with Crippen LogP contribution in [0.25, 0.3) is 0 Å². The SMILES string of the molecule is C[C@H](NCOCc1c(C(F)(F)F)nn2c1N(Cc1cccc(C(F)(F)F)c1)CC2)c1ccc(C(=O)O)cc1. The van der Waals surface area contributed by atoms with Crippen molar-refractivity contribution in [1.82, 2.24) is 15.1 Å². The zero-order valence-electron chi connectivity index (χ0n) is 20.1. The number of nitrogens with zero attached hydrogens (tertiary/aromatic N) is 3. The Hall–Kier alpha value is -3.58. The Morgan fingerprint density at radius 1 is 1.08 bits per heavy atom. The smallest absolute Gasteiger partial charge is 0.435 e. The number of hydrogen-bond acceptors (Lipinski definition) is 5. The molecule has 0 amide bonds. The molecule has 3 aromatic rings. The summed E-state index contributed by atoms with van der Waals surface area (Å²) < 4.78 is 87.3. The number of anilines is 1. The number of hydrogen-bond donors (Lipinski definition) is 2. The molecule has 2 heterocycles. The molecule has 1 aromatic heterocycles. The summed E-state index contributed by atoms with van der Waals surface area (Å²) in [5.41, 5.74) is -0.935. The molecule has 0 spiro atoms. The highest BCUT2D eigenvalue weighted by molar-refractivity contribution is 5.87. The molecule has 0 unspecified atom stereocenters. The molecule has 2 aromatic carbocycles. The molecule has 0 radical (unpaired) electrons. The number of halogens is 6. The number of fused-ring (bicyclic) bond motifs is 1. The average Bonchev–Trinajstić information content (AvgIpc) is 3.41. The second kappa shape index (κ2) is 10.7. The van der Waals surface area contributed by atoms with Gasteiger partial charge in [-0.05, 0) is 42.3 Å². The van der Waals surface area contributed by atoms with E-state index >= 15 is 0 Å². The van der Waals surface area contributed by atoms with Crippen LogP contribution in [-0.4, -0.2) is 34.1 Å². The van der Waals surface area contributed by atoms with Gasteiger partial charge in [0.2, 0.25) is 0 Å². The van der Waals surface area contributed by atoms with Crippen LogP contribution in [-0.2, 0) is 36.8 Å². The Balaban J connectivity index is 1.47. The van der Waals surface area contributed by atoms with Gasteiger partial charge < -0.3 is 14.7 Å². The van der Waals surface area contributed by atoms with Crippen LogP contribution in [0.2, 0.25) is 0 Å². The summed E-state index contributed by atoms with van der Waals surface area (Å²) in [5.74, 6) is -0.899. The molecule has 2 N–H and O–H groups in total. The highest BCUT2D eigenvalue weighted by Crippen LogP contribution is 2.39. The van der Waals surface area contributed by atoms with Crippen molar-refractivity contribution in [3.8, 4) is 0 Å². The summed E-state index contributed by atoms with van der Waals surface area (Å²) in [5, 5.41) is 15.7. The van der Waals surface area contributed by atoms with Crippen molar-refractivity contribution < 1.29 is 41.0 Å². The van der Waals surface area contributed by atoms with Gasteiger partial charge in [0.1, 0.15) is 5.82 Å². The minimum atomic E-state index is -4.75. The number of benzene rings is 2. The van der Waals surface area contributed by atoms with Crippen LogP contribution in [0.1, 0.15) is 51.3 Å². The molecule has 0 aliphatic carbocycles. The summed E-state index contributed by atoms with van der Waals surface area (Å²) in [6.07, 6.45) is -9.28. The van der Waals surface area contributed by atoms with E-state index in [9.17, 15) is 31.1 Å². The molecule has 13 heteroatoms. The Bertz CT molecular complexity index is 1290. The third kappa shape index (κ3) is 6.10. The van der Waals surface area contributed by atoms with E-state index in [0.717, 1.165) is 17.7 Å². The van der Waals surface area contributed by atoms with E-state index in [2.05, 4.69) is 10.4 Å². The van der Waals surface area contributed by atoms with Gasteiger partial charge in [-0.1, -0.05) is 24.3 Å². The molecule has 0 saturated carbocycles. The lowest BCUT2D eigenvalue weighted by molar-refractivity contribution is -0.142. The third-order valence-corrected chi connectivity index (χ3v) is 6.19. The number of aromatic carboxylic acids is 1. The number of rotatable bonds is 9. The first kappa shape index (κ1) is 27.5. The van der Waals surface area contributed by atoms with Gasteiger partial charge in [0.25, 0.3) is 0 Å². The molecular formula is C25H24F6N4O3. The third-order valence-electron chi connectivity index (χ3n) is 6.19. The molecular weight excluding hydrogens is 518 g/mol. The van der Waals surface area contributed by atoms with Crippen LogP contribution in [0, 0.1) is 0 Å². The minimum Gasteiger partial charge on any atom is -0.478 e. The number of carboxylic acids is 1. The number of aromatic nitrogens is 2. The molecule has 38 heavy (non-hydrogen) atoms. The topological polar surface area (TPSA) is 79.6 Å². The fourth-order valence-corrected chi connectivity index (χ4v) is 4.27. The standard InChI is InChI=1S/C25H24F6N4O3/c1-15(17-5-7-18(8-6-17)23(36)37)32-14-38-13-20-21(25(29,30)31)33-35-10-9-34(22(20)35)12-16-3-2-4-19(11-16)24(26,27)28/h2-8,11,15,32H,9-10,12-14H2,1H3,(H,36,37)/t15-/m0/s1. The molecule has 0 fully saturated rings. The van der Waals surface area contributed by atoms with Crippen LogP contribution in [0.4, 0.5) is 32.2 Å². The fourth-order valence-electron chi connectivity index (χ4n) is 4.27. The van der Waals surface area contributed by atoms with Crippen LogP contribution in [0.15, 0.2) is 48.5 Å². The van der Waals surface area contributed by atoms with Gasteiger partial charge in [0.15, 0.2) is 5.69 Å². The average molecular weight is 542 g/mol. The van der Waals surface area contributed by atoms with E-state index in [1.54, 1.807) is 24.0 Å². The Kier molecular flexibility index (Phi) is 7.70. The molecule has 0 bridgehead atoms. The second-order valence-electron chi connectivity index (χ2n) is 8.84. The largest absolute Gasteiger partial charge is 0.478 e. The van der Waals surface area contributed by atoms with Gasteiger partial charge in [-0.2, -0.15) is 31.4 Å². The minimum absolute atomic E-state index is 0.0263. The second-order valence-corrected chi connectivity index (χ2v) is 8.84. The Morgan fingerprint density at radius 3 is 2.42 bits per heavy atom. The number of carbonyl (C=O) groups is 1. The first-order chi connectivity index (χ1) is 17.8. The molecule has 1 aliphatic heterocycles. The predicted octanol–water partition coefficient (Wildman–Crippen LogP) is 5.46. The number of carboxylic acid groups (broad SMARTS) is 1. The van der Waals surface area contributed by atoms with E-state index in [0.29, 0.717) is 5.56 Å². The predicted molar refractivity (Wildman–Crippen MR) is 124 cm³/mol. The number of alkyl halides is 6. The summed E-state index contributed by atoms with van der Waals surface area (Å²) >= 11 is 0. The number of ether oxygens (including phenoxy) is 1. The van der Waals surface area contributed by atoms with Crippen molar-refractivity contribution in [3.05, 3.63) is 82.0 Å². The van der Waals surface area contributed by atoms with Gasteiger partial charge >= 0.3 is 18.3 Å². The monoisotopic (exact) mass is 542 g/mol. The lowest BCUT2D eigenvalue weighted by Gasteiger charge is -2.21. The zero-order valence-corrected chi connectivity index (χ0v) is 20.1. The summed E-state index contributed by atoms with van der Waals surface area (Å²) in [6, 6.07) is 10.5. The van der Waals surface area contributed by atoms with Crippen molar-refractivity contribution in [2.75, 3.05) is 18.2 Å². The fraction of sp³-hybridized carbons (Fsp3) is 0.360. The lowest BCUT2D eigenvalue weighted by atomic mass is 10.1. The summed E-state index contributed by atoms with van der Waals surface area (Å²) in [7, 11) is 0. The van der Waals surface area contributed by atoms with E-state index in [1.165, 1.54) is 28.9 Å². The molecule has 1 aliphatic rings. The summed E-state index contributed by atoms with van der Waals surface area (Å²) in [4.78, 5) is 12.6. The molecule has 0 saturated heterocycles. The van der Waals surface area contributed by atoms with Crippen LogP contribution >= 0.6 is 0 Å².